The third-order valence-electron chi connectivity index (χ3n) is 3.68. The number of rotatable bonds is 5. The SMILES string of the molecule is O=C(O)CC(C1CC1)n1nnnc1C1CCSC1. The van der Waals surface area contributed by atoms with Crippen molar-refractivity contribution in [2.24, 2.45) is 5.92 Å². The molecule has 0 spiro atoms. The van der Waals surface area contributed by atoms with Crippen molar-refractivity contribution in [3.8, 4) is 0 Å². The predicted octanol–water partition coefficient (Wildman–Crippen LogP) is 1.32. The fourth-order valence-corrected chi connectivity index (χ4v) is 3.77. The zero-order valence-corrected chi connectivity index (χ0v) is 10.8. The molecule has 2 aliphatic rings. The Morgan fingerprint density at radius 1 is 1.50 bits per heavy atom. The van der Waals surface area contributed by atoms with Gasteiger partial charge in [0.05, 0.1) is 12.5 Å². The Morgan fingerprint density at radius 3 is 2.94 bits per heavy atom. The van der Waals surface area contributed by atoms with Gasteiger partial charge in [-0.1, -0.05) is 0 Å². The Balaban J connectivity index is 1.84. The van der Waals surface area contributed by atoms with Crippen LogP contribution in [0, 0.1) is 5.92 Å². The Hall–Kier alpha value is -1.11. The van der Waals surface area contributed by atoms with Gasteiger partial charge < -0.3 is 5.11 Å². The van der Waals surface area contributed by atoms with E-state index in [0.29, 0.717) is 11.8 Å². The van der Waals surface area contributed by atoms with Gasteiger partial charge in [0.15, 0.2) is 5.82 Å². The number of carboxylic acid groups (broad SMARTS) is 1. The Labute approximate surface area is 109 Å². The summed E-state index contributed by atoms with van der Waals surface area (Å²) in [4.78, 5) is 11.0. The van der Waals surface area contributed by atoms with Gasteiger partial charge in [-0.2, -0.15) is 11.8 Å². The van der Waals surface area contributed by atoms with Gasteiger partial charge >= 0.3 is 5.97 Å². The van der Waals surface area contributed by atoms with E-state index in [9.17, 15) is 4.79 Å². The molecule has 2 heterocycles. The molecule has 0 aromatic carbocycles. The van der Waals surface area contributed by atoms with Crippen molar-refractivity contribution in [1.29, 1.82) is 0 Å². The third-order valence-corrected chi connectivity index (χ3v) is 4.84. The van der Waals surface area contributed by atoms with Crippen LogP contribution in [0.1, 0.15) is 43.5 Å². The topological polar surface area (TPSA) is 80.9 Å². The highest BCUT2D eigenvalue weighted by atomic mass is 32.2. The summed E-state index contributed by atoms with van der Waals surface area (Å²) in [5.74, 6) is 3.14. The minimum Gasteiger partial charge on any atom is -0.481 e. The van der Waals surface area contributed by atoms with Gasteiger partial charge in [-0.05, 0) is 41.4 Å². The van der Waals surface area contributed by atoms with Crippen LogP contribution >= 0.6 is 11.8 Å². The second kappa shape index (κ2) is 4.87. The molecule has 6 nitrogen and oxygen atoms in total. The largest absolute Gasteiger partial charge is 0.481 e. The average Bonchev–Trinajstić information content (AvgIpc) is 2.86. The molecule has 1 aliphatic heterocycles. The van der Waals surface area contributed by atoms with E-state index in [4.69, 9.17) is 5.11 Å². The van der Waals surface area contributed by atoms with E-state index in [1.165, 1.54) is 0 Å². The molecule has 0 amide bonds. The summed E-state index contributed by atoms with van der Waals surface area (Å²) >= 11 is 1.91. The van der Waals surface area contributed by atoms with E-state index >= 15 is 0 Å². The Bertz CT molecular complexity index is 440. The van der Waals surface area contributed by atoms with Crippen LogP contribution in [0.3, 0.4) is 0 Å². The summed E-state index contributed by atoms with van der Waals surface area (Å²) in [7, 11) is 0. The quantitative estimate of drug-likeness (QED) is 0.867. The fourth-order valence-electron chi connectivity index (χ4n) is 2.56. The predicted molar refractivity (Wildman–Crippen MR) is 66.5 cm³/mol. The number of hydrogen-bond acceptors (Lipinski definition) is 5. The van der Waals surface area contributed by atoms with Crippen molar-refractivity contribution in [3.05, 3.63) is 5.82 Å². The minimum absolute atomic E-state index is 0.0573. The lowest BCUT2D eigenvalue weighted by Crippen LogP contribution is -2.21. The van der Waals surface area contributed by atoms with Crippen LogP contribution in [0.25, 0.3) is 0 Å². The van der Waals surface area contributed by atoms with Gasteiger partial charge in [-0.3, -0.25) is 4.79 Å². The van der Waals surface area contributed by atoms with E-state index in [2.05, 4.69) is 15.5 Å². The molecular weight excluding hydrogens is 252 g/mol. The number of aliphatic carboxylic acids is 1. The van der Waals surface area contributed by atoms with E-state index in [1.807, 2.05) is 11.8 Å². The number of carboxylic acids is 1. The molecule has 1 aromatic heterocycles. The number of hydrogen-bond donors (Lipinski definition) is 1. The summed E-state index contributed by atoms with van der Waals surface area (Å²) in [5.41, 5.74) is 0. The monoisotopic (exact) mass is 268 g/mol. The van der Waals surface area contributed by atoms with Crippen LogP contribution in [0.4, 0.5) is 0 Å². The first-order valence-corrected chi connectivity index (χ1v) is 7.48. The van der Waals surface area contributed by atoms with Gasteiger partial charge in [-0.25, -0.2) is 4.68 Å². The van der Waals surface area contributed by atoms with Crippen LogP contribution in [-0.2, 0) is 4.79 Å². The molecule has 1 N–H and O–H groups in total. The summed E-state index contributed by atoms with van der Waals surface area (Å²) in [6.07, 6.45) is 3.41. The lowest BCUT2D eigenvalue weighted by atomic mass is 10.1. The molecule has 98 valence electrons. The van der Waals surface area contributed by atoms with Gasteiger partial charge in [0.1, 0.15) is 0 Å². The van der Waals surface area contributed by atoms with Crippen LogP contribution < -0.4 is 0 Å². The van der Waals surface area contributed by atoms with Crippen molar-refractivity contribution >= 4 is 17.7 Å². The maximum absolute atomic E-state index is 11.0. The molecule has 1 saturated heterocycles. The highest BCUT2D eigenvalue weighted by Crippen LogP contribution is 2.43. The second-order valence-corrected chi connectivity index (χ2v) is 6.19. The summed E-state index contributed by atoms with van der Waals surface area (Å²) < 4.78 is 1.79. The molecule has 0 radical (unpaired) electrons. The van der Waals surface area contributed by atoms with Gasteiger partial charge in [0.25, 0.3) is 0 Å². The molecule has 2 atom stereocenters. The molecule has 2 unspecified atom stereocenters. The first-order chi connectivity index (χ1) is 8.75. The molecule has 7 heteroatoms. The van der Waals surface area contributed by atoms with Crippen LogP contribution in [0.2, 0.25) is 0 Å². The van der Waals surface area contributed by atoms with Crippen molar-refractivity contribution in [2.75, 3.05) is 11.5 Å². The summed E-state index contributed by atoms with van der Waals surface area (Å²) in [6.45, 7) is 0. The molecule has 18 heavy (non-hydrogen) atoms. The molecule has 3 rings (SSSR count). The zero-order valence-electron chi connectivity index (χ0n) is 10.0. The second-order valence-electron chi connectivity index (χ2n) is 5.04. The van der Waals surface area contributed by atoms with Crippen molar-refractivity contribution in [1.82, 2.24) is 20.2 Å². The normalized spacial score (nSPS) is 25.2. The first-order valence-electron chi connectivity index (χ1n) is 6.33. The third kappa shape index (κ3) is 2.36. The van der Waals surface area contributed by atoms with Crippen LogP contribution in [0.15, 0.2) is 0 Å². The van der Waals surface area contributed by atoms with Gasteiger partial charge in [0, 0.05) is 11.7 Å². The molecule has 1 saturated carbocycles. The smallest absolute Gasteiger partial charge is 0.305 e. The number of carbonyl (C=O) groups is 1. The van der Waals surface area contributed by atoms with Gasteiger partial charge in [0.2, 0.25) is 0 Å². The van der Waals surface area contributed by atoms with E-state index < -0.39 is 5.97 Å². The highest BCUT2D eigenvalue weighted by molar-refractivity contribution is 7.99. The maximum Gasteiger partial charge on any atom is 0.305 e. The van der Waals surface area contributed by atoms with Gasteiger partial charge in [-0.15, -0.1) is 5.10 Å². The van der Waals surface area contributed by atoms with Crippen LogP contribution in [0.5, 0.6) is 0 Å². The zero-order chi connectivity index (χ0) is 12.5. The van der Waals surface area contributed by atoms with E-state index in [0.717, 1.165) is 36.6 Å². The standard InChI is InChI=1S/C11H16N4O2S/c16-10(17)5-9(7-1-2-7)15-11(12-13-14-15)8-3-4-18-6-8/h7-9H,1-6H2,(H,16,17). The number of aromatic nitrogens is 4. The van der Waals surface area contributed by atoms with E-state index in [1.54, 1.807) is 4.68 Å². The first kappa shape index (κ1) is 12.0. The lowest BCUT2D eigenvalue weighted by molar-refractivity contribution is -0.138. The summed E-state index contributed by atoms with van der Waals surface area (Å²) in [5, 5.41) is 21.0. The number of nitrogens with zero attached hydrogens (tertiary/aromatic N) is 4. The number of thioether (sulfide) groups is 1. The molecule has 0 bridgehead atoms. The van der Waals surface area contributed by atoms with Crippen LogP contribution in [-0.4, -0.2) is 42.8 Å². The molecular formula is C11H16N4O2S. The average molecular weight is 268 g/mol. The highest BCUT2D eigenvalue weighted by Gasteiger charge is 2.37. The summed E-state index contributed by atoms with van der Waals surface area (Å²) in [6, 6.07) is -0.0573. The lowest BCUT2D eigenvalue weighted by Gasteiger charge is -2.17. The molecule has 2 fully saturated rings. The molecule has 1 aliphatic carbocycles. The molecule has 1 aromatic rings. The number of tetrazole rings is 1. The van der Waals surface area contributed by atoms with Crippen molar-refractivity contribution in [2.45, 2.75) is 37.6 Å². The minimum atomic E-state index is -0.769. The van der Waals surface area contributed by atoms with Crippen molar-refractivity contribution in [3.63, 3.8) is 0 Å². The Morgan fingerprint density at radius 2 is 2.33 bits per heavy atom. The fraction of sp³-hybridized carbons (Fsp3) is 0.818. The maximum atomic E-state index is 11.0. The van der Waals surface area contributed by atoms with Crippen molar-refractivity contribution < 1.29 is 9.90 Å². The van der Waals surface area contributed by atoms with E-state index in [-0.39, 0.29) is 12.5 Å². The Kier molecular flexibility index (Phi) is 3.23.